The third-order valence-electron chi connectivity index (χ3n) is 12.3. The van der Waals surface area contributed by atoms with Crippen molar-refractivity contribution in [3.63, 3.8) is 0 Å². The van der Waals surface area contributed by atoms with Crippen molar-refractivity contribution in [1.82, 2.24) is 0 Å². The second-order valence-corrected chi connectivity index (χ2v) is 12.8. The number of halogens is 3. The van der Waals surface area contributed by atoms with Crippen molar-refractivity contribution in [1.29, 1.82) is 0 Å². The van der Waals surface area contributed by atoms with Gasteiger partial charge in [-0.3, -0.25) is 0 Å². The molecule has 5 fully saturated rings. The third kappa shape index (κ3) is 2.21. The van der Waals surface area contributed by atoms with Crippen molar-refractivity contribution in [3.05, 3.63) is 11.8 Å². The molecule has 5 aliphatic carbocycles. The Hall–Kier alpha value is -0.710. The van der Waals surface area contributed by atoms with Crippen LogP contribution in [-0.4, -0.2) is 23.5 Å². The zero-order valence-electron chi connectivity index (χ0n) is 19.3. The van der Waals surface area contributed by atoms with Crippen LogP contribution in [0.5, 0.6) is 0 Å². The topological polar surface area (TPSA) is 29.5 Å². The van der Waals surface area contributed by atoms with E-state index in [1.54, 1.807) is 0 Å². The molecular weight excluding hydrogens is 401 g/mol. The lowest BCUT2D eigenvalue weighted by Crippen LogP contribution is -2.54. The Kier molecular flexibility index (Phi) is 3.94. The molecule has 2 spiro atoms. The Morgan fingerprint density at radius 2 is 1.71 bits per heavy atom. The Morgan fingerprint density at radius 3 is 2.42 bits per heavy atom. The van der Waals surface area contributed by atoms with Crippen LogP contribution in [0.15, 0.2) is 11.8 Å². The predicted molar refractivity (Wildman–Crippen MR) is 112 cm³/mol. The Labute approximate surface area is 184 Å². The number of allylic oxidation sites excluding steroid dienone is 2. The average Bonchev–Trinajstić information content (AvgIpc) is 3.07. The fourth-order valence-electron chi connectivity index (χ4n) is 10.9. The summed E-state index contributed by atoms with van der Waals surface area (Å²) >= 11 is 0. The van der Waals surface area contributed by atoms with E-state index in [2.05, 4.69) is 27.7 Å². The summed E-state index contributed by atoms with van der Waals surface area (Å²) in [6.45, 7) is 9.38. The van der Waals surface area contributed by atoms with Crippen molar-refractivity contribution in [3.8, 4) is 0 Å². The lowest BCUT2D eigenvalue weighted by atomic mass is 9.46. The van der Waals surface area contributed by atoms with Crippen LogP contribution in [0.1, 0.15) is 79.1 Å². The smallest absolute Gasteiger partial charge is 0.448 e. The van der Waals surface area contributed by atoms with Gasteiger partial charge in [-0.25, -0.2) is 0 Å². The number of rotatable bonds is 0. The average molecular weight is 439 g/mol. The maximum atomic E-state index is 13.3. The highest BCUT2D eigenvalue weighted by Gasteiger charge is 2.84. The van der Waals surface area contributed by atoms with Crippen LogP contribution in [0.2, 0.25) is 0 Å². The zero-order chi connectivity index (χ0) is 22.2. The molecule has 1 N–H and O–H groups in total. The zero-order valence-corrected chi connectivity index (χ0v) is 19.3. The highest BCUT2D eigenvalue weighted by molar-refractivity contribution is 5.32. The van der Waals surface area contributed by atoms with E-state index < -0.39 is 11.9 Å². The second-order valence-electron chi connectivity index (χ2n) is 12.8. The molecule has 10 atom stereocenters. The molecule has 1 aliphatic heterocycles. The summed E-state index contributed by atoms with van der Waals surface area (Å²) in [7, 11) is 0. The van der Waals surface area contributed by atoms with Gasteiger partial charge >= 0.3 is 6.18 Å². The van der Waals surface area contributed by atoms with Gasteiger partial charge in [0.15, 0.2) is 5.76 Å². The first kappa shape index (κ1) is 20.9. The van der Waals surface area contributed by atoms with Crippen LogP contribution in [0, 0.1) is 51.2 Å². The van der Waals surface area contributed by atoms with Crippen LogP contribution in [-0.2, 0) is 4.74 Å². The SMILES string of the molecule is CC1C23CCC4(C)C5CC=C(C(F)(F)F)OC5CC4C2CCC2C(C)(C)C(O)CCC213. The normalized spacial score (nSPS) is 56.8. The molecule has 2 nitrogen and oxygen atoms in total. The van der Waals surface area contributed by atoms with Crippen LogP contribution in [0.4, 0.5) is 13.2 Å². The van der Waals surface area contributed by atoms with E-state index in [1.165, 1.54) is 18.9 Å². The Morgan fingerprint density at radius 1 is 0.968 bits per heavy atom. The molecule has 0 aromatic rings. The predicted octanol–water partition coefficient (Wildman–Crippen LogP) is 6.49. The van der Waals surface area contributed by atoms with E-state index in [9.17, 15) is 18.3 Å². The first-order chi connectivity index (χ1) is 14.4. The van der Waals surface area contributed by atoms with Gasteiger partial charge in [0, 0.05) is 5.92 Å². The Bertz CT molecular complexity index is 833. The number of ether oxygens (including phenoxy) is 1. The first-order valence-corrected chi connectivity index (χ1v) is 12.5. The van der Waals surface area contributed by atoms with Gasteiger partial charge in [-0.15, -0.1) is 0 Å². The molecule has 6 aliphatic rings. The lowest BCUT2D eigenvalue weighted by Gasteiger charge is -2.59. The van der Waals surface area contributed by atoms with E-state index in [0.717, 1.165) is 32.1 Å². The molecule has 0 aromatic carbocycles. The molecule has 0 amide bonds. The number of aliphatic hydroxyl groups excluding tert-OH is 1. The summed E-state index contributed by atoms with van der Waals surface area (Å²) in [4.78, 5) is 0. The van der Waals surface area contributed by atoms with E-state index in [1.807, 2.05) is 0 Å². The monoisotopic (exact) mass is 438 g/mol. The van der Waals surface area contributed by atoms with Gasteiger partial charge in [-0.1, -0.05) is 27.7 Å². The Balaban J connectivity index is 1.33. The standard InChI is InChI=1S/C26H37F3O2/c1-14-24-12-11-23(4)16-6-8-21(26(27,28)29)31-18(16)13-17(23)15(24)5-7-19-22(2,3)20(30)9-10-25(14,19)24/h8,14-20,30H,5-7,9-13H2,1-4H3. The van der Waals surface area contributed by atoms with Crippen molar-refractivity contribution in [2.24, 2.45) is 51.2 Å². The number of fused-ring (bicyclic) bond motifs is 4. The van der Waals surface area contributed by atoms with E-state index in [0.29, 0.717) is 40.9 Å². The minimum Gasteiger partial charge on any atom is -0.486 e. The van der Waals surface area contributed by atoms with Crippen LogP contribution in [0.3, 0.4) is 0 Å². The minimum atomic E-state index is -4.37. The fourth-order valence-corrected chi connectivity index (χ4v) is 10.9. The maximum Gasteiger partial charge on any atom is 0.448 e. The van der Waals surface area contributed by atoms with Gasteiger partial charge in [0.1, 0.15) is 6.10 Å². The van der Waals surface area contributed by atoms with Crippen LogP contribution in [0.25, 0.3) is 0 Å². The van der Waals surface area contributed by atoms with Crippen molar-refractivity contribution in [2.45, 2.75) is 97.4 Å². The number of hydrogen-bond donors (Lipinski definition) is 1. The number of aliphatic hydroxyl groups is 1. The highest BCUT2D eigenvalue weighted by atomic mass is 19.4. The minimum absolute atomic E-state index is 0.0416. The molecule has 0 aromatic heterocycles. The summed E-state index contributed by atoms with van der Waals surface area (Å²) in [6.07, 6.45) is 4.46. The molecular formula is C26H37F3O2. The second kappa shape index (κ2) is 5.85. The highest BCUT2D eigenvalue weighted by Crippen LogP contribution is 2.89. The fraction of sp³-hybridized carbons (Fsp3) is 0.923. The van der Waals surface area contributed by atoms with E-state index in [4.69, 9.17) is 4.74 Å². The third-order valence-corrected chi connectivity index (χ3v) is 12.3. The van der Waals surface area contributed by atoms with Gasteiger partial charge < -0.3 is 9.84 Å². The quantitative estimate of drug-likeness (QED) is 0.469. The molecule has 0 radical (unpaired) electrons. The summed E-state index contributed by atoms with van der Waals surface area (Å²) in [5, 5.41) is 10.8. The van der Waals surface area contributed by atoms with Gasteiger partial charge in [-0.05, 0) is 103 Å². The van der Waals surface area contributed by atoms with Crippen molar-refractivity contribution >= 4 is 0 Å². The molecule has 0 saturated heterocycles. The summed E-state index contributed by atoms with van der Waals surface area (Å²) < 4.78 is 45.6. The van der Waals surface area contributed by atoms with E-state index >= 15 is 0 Å². The molecule has 0 bridgehead atoms. The van der Waals surface area contributed by atoms with Crippen LogP contribution >= 0.6 is 0 Å². The van der Waals surface area contributed by atoms with Gasteiger partial charge in [-0.2, -0.15) is 13.2 Å². The van der Waals surface area contributed by atoms with E-state index in [-0.39, 0.29) is 29.0 Å². The largest absolute Gasteiger partial charge is 0.486 e. The molecule has 174 valence electrons. The van der Waals surface area contributed by atoms with Crippen LogP contribution < -0.4 is 0 Å². The first-order valence-electron chi connectivity index (χ1n) is 12.5. The lowest BCUT2D eigenvalue weighted by molar-refractivity contribution is -0.150. The molecule has 10 unspecified atom stereocenters. The molecule has 1 heterocycles. The van der Waals surface area contributed by atoms with Gasteiger partial charge in [0.05, 0.1) is 6.10 Å². The number of hydrogen-bond acceptors (Lipinski definition) is 2. The molecule has 6 rings (SSSR count). The molecule has 5 saturated carbocycles. The van der Waals surface area contributed by atoms with Crippen molar-refractivity contribution in [2.75, 3.05) is 0 Å². The molecule has 5 heteroatoms. The van der Waals surface area contributed by atoms with Gasteiger partial charge in [0.2, 0.25) is 0 Å². The maximum absolute atomic E-state index is 13.3. The summed E-state index contributed by atoms with van der Waals surface area (Å²) in [6, 6.07) is 0. The van der Waals surface area contributed by atoms with Gasteiger partial charge in [0.25, 0.3) is 0 Å². The van der Waals surface area contributed by atoms with Crippen molar-refractivity contribution < 1.29 is 23.0 Å². The summed E-state index contributed by atoms with van der Waals surface area (Å²) in [5.41, 5.74) is 0.726. The number of alkyl halides is 3. The molecule has 31 heavy (non-hydrogen) atoms. The summed E-state index contributed by atoms with van der Waals surface area (Å²) in [5.74, 6) is 1.77.